The van der Waals surface area contributed by atoms with Crippen LogP contribution in [0.25, 0.3) is 10.6 Å². The summed E-state index contributed by atoms with van der Waals surface area (Å²) in [7, 11) is 1.69. The topological polar surface area (TPSA) is 75.1 Å². The molecule has 0 aliphatic carbocycles. The first-order valence-electron chi connectivity index (χ1n) is 13.6. The predicted molar refractivity (Wildman–Crippen MR) is 166 cm³/mol. The number of carbonyl (C=O) groups is 1. The number of aliphatic carboxylic acids is 1. The fraction of sp³-hybridized carbons (Fsp3) is 0.312. The Hall–Kier alpha value is -3.53. The maximum atomic E-state index is 11.4. The molecule has 1 aliphatic rings. The zero-order chi connectivity index (χ0) is 28.8. The zero-order valence-electron chi connectivity index (χ0n) is 23.6. The van der Waals surface area contributed by atoms with Gasteiger partial charge >= 0.3 is 5.97 Å². The Labute approximate surface area is 249 Å². The fourth-order valence-electron chi connectivity index (χ4n) is 4.58. The van der Waals surface area contributed by atoms with Crippen molar-refractivity contribution in [1.29, 1.82) is 0 Å². The van der Waals surface area contributed by atoms with Gasteiger partial charge in [-0.1, -0.05) is 30.3 Å². The monoisotopic (exact) mass is 589 g/mol. The standard InChI is InChI=1S/C32H35N3O4S2/c1-32(2,31(36)37)39-26-13-15-27(16-14-26)40-22-29-28(33-30(41-29)23-7-5-4-6-8-23)21-34-17-19-35(20-18-34)24-9-11-25(38-3)12-10-24/h4-16H,17-22H2,1-3H3,(H,36,37). The van der Waals surface area contributed by atoms with Gasteiger partial charge in [-0.15, -0.1) is 23.1 Å². The van der Waals surface area contributed by atoms with Gasteiger partial charge in [0.2, 0.25) is 0 Å². The van der Waals surface area contributed by atoms with E-state index >= 15 is 0 Å². The number of benzene rings is 3. The Morgan fingerprint density at radius 1 is 0.951 bits per heavy atom. The van der Waals surface area contributed by atoms with Crippen LogP contribution in [-0.4, -0.2) is 59.8 Å². The second-order valence-corrected chi connectivity index (χ2v) is 12.5. The summed E-state index contributed by atoms with van der Waals surface area (Å²) in [5.41, 5.74) is 2.23. The molecule has 0 bridgehead atoms. The van der Waals surface area contributed by atoms with Gasteiger partial charge in [0.25, 0.3) is 0 Å². The van der Waals surface area contributed by atoms with Crippen LogP contribution in [-0.2, 0) is 17.1 Å². The first kappa shape index (κ1) is 29.0. The Kier molecular flexibility index (Phi) is 9.17. The number of piperazine rings is 1. The van der Waals surface area contributed by atoms with Crippen LogP contribution in [0, 0.1) is 0 Å². The van der Waals surface area contributed by atoms with Crippen molar-refractivity contribution in [3.05, 3.63) is 89.4 Å². The normalized spacial score (nSPS) is 14.2. The summed E-state index contributed by atoms with van der Waals surface area (Å²) >= 11 is 3.52. The molecule has 0 unspecified atom stereocenters. The lowest BCUT2D eigenvalue weighted by atomic mass is 10.1. The highest BCUT2D eigenvalue weighted by atomic mass is 32.2. The number of thioether (sulfide) groups is 1. The van der Waals surface area contributed by atoms with Gasteiger partial charge < -0.3 is 19.5 Å². The maximum absolute atomic E-state index is 11.4. The molecule has 0 saturated carbocycles. The molecular formula is C32H35N3O4S2. The molecular weight excluding hydrogens is 555 g/mol. The Bertz CT molecular complexity index is 1430. The molecule has 41 heavy (non-hydrogen) atoms. The van der Waals surface area contributed by atoms with Crippen LogP contribution in [0.5, 0.6) is 11.5 Å². The van der Waals surface area contributed by atoms with Crippen LogP contribution in [0.15, 0.2) is 83.8 Å². The summed E-state index contributed by atoms with van der Waals surface area (Å²) in [5, 5.41) is 10.4. The van der Waals surface area contributed by atoms with Crippen LogP contribution in [0.4, 0.5) is 5.69 Å². The molecule has 0 spiro atoms. The summed E-state index contributed by atoms with van der Waals surface area (Å²) < 4.78 is 11.0. The van der Waals surface area contributed by atoms with Gasteiger partial charge in [-0.2, -0.15) is 0 Å². The molecule has 2 heterocycles. The van der Waals surface area contributed by atoms with Gasteiger partial charge in [-0.05, 0) is 62.4 Å². The van der Waals surface area contributed by atoms with Crippen molar-refractivity contribution in [1.82, 2.24) is 9.88 Å². The lowest BCUT2D eigenvalue weighted by molar-refractivity contribution is -0.152. The second kappa shape index (κ2) is 13.0. The van der Waals surface area contributed by atoms with Gasteiger partial charge in [0.15, 0.2) is 5.60 Å². The van der Waals surface area contributed by atoms with Crippen molar-refractivity contribution in [2.24, 2.45) is 0 Å². The van der Waals surface area contributed by atoms with E-state index in [9.17, 15) is 9.90 Å². The van der Waals surface area contributed by atoms with Crippen molar-refractivity contribution in [2.45, 2.75) is 36.6 Å². The summed E-state index contributed by atoms with van der Waals surface area (Å²) in [6.07, 6.45) is 0. The highest BCUT2D eigenvalue weighted by molar-refractivity contribution is 7.98. The Morgan fingerprint density at radius 3 is 2.24 bits per heavy atom. The number of thiazole rings is 1. The Balaban J connectivity index is 1.25. The smallest absolute Gasteiger partial charge is 0.347 e. The number of nitrogens with zero attached hydrogens (tertiary/aromatic N) is 3. The average Bonchev–Trinajstić information content (AvgIpc) is 3.40. The number of methoxy groups -OCH3 is 1. The van der Waals surface area contributed by atoms with Gasteiger partial charge in [-0.25, -0.2) is 9.78 Å². The molecule has 7 nitrogen and oxygen atoms in total. The molecule has 1 fully saturated rings. The summed E-state index contributed by atoms with van der Waals surface area (Å²) in [6.45, 7) is 7.82. The predicted octanol–water partition coefficient (Wildman–Crippen LogP) is 6.68. The van der Waals surface area contributed by atoms with Crippen molar-refractivity contribution in [3.63, 3.8) is 0 Å². The second-order valence-electron chi connectivity index (χ2n) is 10.4. The van der Waals surface area contributed by atoms with Crippen LogP contribution < -0.4 is 14.4 Å². The van der Waals surface area contributed by atoms with Crippen molar-refractivity contribution in [2.75, 3.05) is 38.2 Å². The summed E-state index contributed by atoms with van der Waals surface area (Å²) in [5.74, 6) is 1.24. The summed E-state index contributed by atoms with van der Waals surface area (Å²) in [6, 6.07) is 26.3. The molecule has 1 aliphatic heterocycles. The van der Waals surface area contributed by atoms with Gasteiger partial charge in [-0.3, -0.25) is 4.90 Å². The van der Waals surface area contributed by atoms with E-state index in [-0.39, 0.29) is 0 Å². The average molecular weight is 590 g/mol. The number of carboxylic acids is 1. The van der Waals surface area contributed by atoms with Gasteiger partial charge in [0, 0.05) is 59.5 Å². The van der Waals surface area contributed by atoms with Crippen molar-refractivity contribution >= 4 is 34.8 Å². The van der Waals surface area contributed by atoms with E-state index in [1.54, 1.807) is 44.1 Å². The number of hydrogen-bond acceptors (Lipinski definition) is 8. The minimum Gasteiger partial charge on any atom is -0.497 e. The minimum atomic E-state index is -1.28. The molecule has 3 aromatic carbocycles. The first-order chi connectivity index (χ1) is 19.8. The van der Waals surface area contributed by atoms with E-state index in [4.69, 9.17) is 14.5 Å². The van der Waals surface area contributed by atoms with E-state index in [0.717, 1.165) is 65.4 Å². The van der Waals surface area contributed by atoms with E-state index in [0.29, 0.717) is 5.75 Å². The first-order valence-corrected chi connectivity index (χ1v) is 15.4. The third kappa shape index (κ3) is 7.41. The quantitative estimate of drug-likeness (QED) is 0.194. The van der Waals surface area contributed by atoms with Crippen LogP contribution in [0.2, 0.25) is 0 Å². The molecule has 1 N–H and O–H groups in total. The Morgan fingerprint density at radius 2 is 1.61 bits per heavy atom. The molecule has 214 valence electrons. The van der Waals surface area contributed by atoms with Crippen molar-refractivity contribution in [3.8, 4) is 22.1 Å². The van der Waals surface area contributed by atoms with E-state index in [1.165, 1.54) is 10.6 Å². The lowest BCUT2D eigenvalue weighted by Crippen LogP contribution is -2.46. The highest BCUT2D eigenvalue weighted by Crippen LogP contribution is 2.34. The van der Waals surface area contributed by atoms with E-state index in [1.807, 2.05) is 42.5 Å². The van der Waals surface area contributed by atoms with Gasteiger partial charge in [0.05, 0.1) is 12.8 Å². The molecule has 4 aromatic rings. The molecule has 0 radical (unpaired) electrons. The molecule has 1 aromatic heterocycles. The number of carboxylic acid groups (broad SMARTS) is 1. The van der Waals surface area contributed by atoms with E-state index < -0.39 is 11.6 Å². The number of rotatable bonds is 11. The molecule has 9 heteroatoms. The number of ether oxygens (including phenoxy) is 2. The number of aromatic nitrogens is 1. The maximum Gasteiger partial charge on any atom is 0.347 e. The lowest BCUT2D eigenvalue weighted by Gasteiger charge is -2.36. The third-order valence-electron chi connectivity index (χ3n) is 7.06. The van der Waals surface area contributed by atoms with Crippen LogP contribution in [0.3, 0.4) is 0 Å². The van der Waals surface area contributed by atoms with Crippen molar-refractivity contribution < 1.29 is 19.4 Å². The summed E-state index contributed by atoms with van der Waals surface area (Å²) in [4.78, 5) is 23.8. The molecule has 5 rings (SSSR count). The molecule has 1 saturated heterocycles. The van der Waals surface area contributed by atoms with Crippen LogP contribution >= 0.6 is 23.1 Å². The fourth-order valence-corrected chi connectivity index (χ4v) is 6.66. The number of anilines is 1. The minimum absolute atomic E-state index is 0.542. The number of hydrogen-bond donors (Lipinski definition) is 1. The highest BCUT2D eigenvalue weighted by Gasteiger charge is 2.29. The largest absolute Gasteiger partial charge is 0.497 e. The molecule has 0 amide bonds. The zero-order valence-corrected chi connectivity index (χ0v) is 25.2. The van der Waals surface area contributed by atoms with Crippen LogP contribution in [0.1, 0.15) is 24.4 Å². The third-order valence-corrected chi connectivity index (χ3v) is 9.43. The van der Waals surface area contributed by atoms with Gasteiger partial charge in [0.1, 0.15) is 16.5 Å². The van der Waals surface area contributed by atoms with E-state index in [2.05, 4.69) is 46.2 Å². The SMILES string of the molecule is COc1ccc(N2CCN(Cc3nc(-c4ccccc4)sc3CSc3ccc(OC(C)(C)C(=O)O)cc3)CC2)cc1. The molecule has 0 atom stereocenters.